The first-order valence-electron chi connectivity index (χ1n) is 7.72. The summed E-state index contributed by atoms with van der Waals surface area (Å²) in [6, 6.07) is 0.611. The second-order valence-corrected chi connectivity index (χ2v) is 6.29. The maximum absolute atomic E-state index is 5.50. The molecule has 5 heteroatoms. The molecule has 5 nitrogen and oxygen atoms in total. The van der Waals surface area contributed by atoms with Gasteiger partial charge in [-0.1, -0.05) is 0 Å². The molecule has 1 heterocycles. The number of methoxy groups -OCH3 is 1. The van der Waals surface area contributed by atoms with Crippen molar-refractivity contribution in [1.29, 1.82) is 0 Å². The van der Waals surface area contributed by atoms with E-state index < -0.39 is 0 Å². The zero-order valence-corrected chi connectivity index (χ0v) is 12.1. The molecule has 108 valence electrons. The van der Waals surface area contributed by atoms with E-state index in [1.807, 2.05) is 0 Å². The summed E-state index contributed by atoms with van der Waals surface area (Å²) >= 11 is 0. The van der Waals surface area contributed by atoms with Crippen LogP contribution in [0.2, 0.25) is 0 Å². The summed E-state index contributed by atoms with van der Waals surface area (Å²) in [6.07, 6.45) is 5.95. The third-order valence-corrected chi connectivity index (χ3v) is 5.39. The van der Waals surface area contributed by atoms with E-state index in [1.165, 1.54) is 19.3 Å². The van der Waals surface area contributed by atoms with Crippen LogP contribution in [0.4, 0.5) is 11.6 Å². The fourth-order valence-corrected chi connectivity index (χ4v) is 4.64. The van der Waals surface area contributed by atoms with Crippen LogP contribution in [0.15, 0.2) is 6.33 Å². The largest absolute Gasteiger partial charge is 0.490 e. The van der Waals surface area contributed by atoms with E-state index >= 15 is 0 Å². The van der Waals surface area contributed by atoms with Gasteiger partial charge >= 0.3 is 0 Å². The van der Waals surface area contributed by atoms with Gasteiger partial charge in [0.25, 0.3) is 0 Å². The highest BCUT2D eigenvalue weighted by atomic mass is 16.5. The summed E-state index contributed by atoms with van der Waals surface area (Å²) in [7, 11) is 1.68. The molecular formula is C15H22N4O. The Morgan fingerprint density at radius 1 is 1.20 bits per heavy atom. The van der Waals surface area contributed by atoms with Crippen molar-refractivity contribution in [3.05, 3.63) is 6.33 Å². The third kappa shape index (κ3) is 1.68. The first kappa shape index (κ1) is 12.2. The smallest absolute Gasteiger partial charge is 0.204 e. The van der Waals surface area contributed by atoms with Gasteiger partial charge in [0.05, 0.1) is 7.11 Å². The molecule has 4 rings (SSSR count). The van der Waals surface area contributed by atoms with Crippen LogP contribution in [0.25, 0.3) is 0 Å². The number of ether oxygens (including phenoxy) is 1. The SMILES string of the molecule is CCNc1ncnc(NC2C3C4CCC(C4)C23)c1OC. The summed E-state index contributed by atoms with van der Waals surface area (Å²) in [6.45, 7) is 2.88. The van der Waals surface area contributed by atoms with Crippen LogP contribution in [0.5, 0.6) is 5.75 Å². The normalized spacial score (nSPS) is 36.6. The van der Waals surface area contributed by atoms with Crippen molar-refractivity contribution in [3.8, 4) is 5.75 Å². The molecule has 3 saturated carbocycles. The Hall–Kier alpha value is -1.52. The van der Waals surface area contributed by atoms with E-state index in [0.29, 0.717) is 6.04 Å². The van der Waals surface area contributed by atoms with E-state index in [2.05, 4.69) is 27.5 Å². The molecule has 0 amide bonds. The van der Waals surface area contributed by atoms with Crippen molar-refractivity contribution < 1.29 is 4.74 Å². The van der Waals surface area contributed by atoms with Crippen LogP contribution < -0.4 is 15.4 Å². The van der Waals surface area contributed by atoms with Crippen LogP contribution in [0.1, 0.15) is 26.2 Å². The molecule has 1 aromatic rings. The lowest BCUT2D eigenvalue weighted by atomic mass is 10.0. The number of hydrogen-bond donors (Lipinski definition) is 2. The summed E-state index contributed by atoms with van der Waals surface area (Å²) in [5, 5.41) is 6.85. The van der Waals surface area contributed by atoms with Gasteiger partial charge in [-0.3, -0.25) is 0 Å². The van der Waals surface area contributed by atoms with Crippen LogP contribution in [0.3, 0.4) is 0 Å². The monoisotopic (exact) mass is 274 g/mol. The van der Waals surface area contributed by atoms with Crippen LogP contribution in [-0.4, -0.2) is 29.7 Å². The average Bonchev–Trinajstić information content (AvgIpc) is 2.84. The molecule has 0 aromatic carbocycles. The summed E-state index contributed by atoms with van der Waals surface area (Å²) < 4.78 is 5.50. The number of hydrogen-bond acceptors (Lipinski definition) is 5. The first-order chi connectivity index (χ1) is 9.83. The van der Waals surface area contributed by atoms with E-state index in [-0.39, 0.29) is 0 Å². The first-order valence-corrected chi connectivity index (χ1v) is 7.72. The number of nitrogens with zero attached hydrogens (tertiary/aromatic N) is 2. The fourth-order valence-electron chi connectivity index (χ4n) is 4.64. The highest BCUT2D eigenvalue weighted by Gasteiger charge is 2.65. The number of anilines is 2. The Labute approximate surface area is 119 Å². The van der Waals surface area contributed by atoms with Crippen LogP contribution >= 0.6 is 0 Å². The van der Waals surface area contributed by atoms with Gasteiger partial charge in [0, 0.05) is 12.6 Å². The van der Waals surface area contributed by atoms with Crippen molar-refractivity contribution in [1.82, 2.24) is 9.97 Å². The number of fused-ring (bicyclic) bond motifs is 5. The third-order valence-electron chi connectivity index (χ3n) is 5.39. The Morgan fingerprint density at radius 2 is 1.90 bits per heavy atom. The van der Waals surface area contributed by atoms with Gasteiger partial charge in [-0.05, 0) is 49.9 Å². The molecule has 0 spiro atoms. The number of nitrogens with one attached hydrogen (secondary N) is 2. The second-order valence-electron chi connectivity index (χ2n) is 6.29. The Kier molecular flexibility index (Phi) is 2.75. The zero-order chi connectivity index (χ0) is 13.7. The van der Waals surface area contributed by atoms with Gasteiger partial charge in [-0.15, -0.1) is 0 Å². The molecule has 3 aliphatic rings. The maximum Gasteiger partial charge on any atom is 0.204 e. The van der Waals surface area contributed by atoms with E-state index in [1.54, 1.807) is 13.4 Å². The molecule has 20 heavy (non-hydrogen) atoms. The zero-order valence-electron chi connectivity index (χ0n) is 12.1. The van der Waals surface area contributed by atoms with E-state index in [4.69, 9.17) is 4.74 Å². The van der Waals surface area contributed by atoms with Crippen molar-refractivity contribution in [2.24, 2.45) is 23.7 Å². The Morgan fingerprint density at radius 3 is 2.55 bits per heavy atom. The van der Waals surface area contributed by atoms with Gasteiger partial charge in [-0.2, -0.15) is 0 Å². The molecule has 4 atom stereocenters. The Balaban J connectivity index is 1.53. The van der Waals surface area contributed by atoms with Crippen LogP contribution in [0, 0.1) is 23.7 Å². The lowest BCUT2D eigenvalue weighted by molar-refractivity contribution is 0.414. The predicted molar refractivity (Wildman–Crippen MR) is 78.0 cm³/mol. The summed E-state index contributed by atoms with van der Waals surface area (Å²) in [4.78, 5) is 8.64. The van der Waals surface area contributed by atoms with Crippen molar-refractivity contribution >= 4 is 11.6 Å². The van der Waals surface area contributed by atoms with Crippen molar-refractivity contribution in [2.75, 3.05) is 24.3 Å². The molecule has 4 unspecified atom stereocenters. The molecular weight excluding hydrogens is 252 g/mol. The van der Waals surface area contributed by atoms with Crippen LogP contribution in [-0.2, 0) is 0 Å². The molecule has 2 N–H and O–H groups in total. The molecule has 0 saturated heterocycles. The standard InChI is InChI=1S/C15H22N4O/c1-3-16-14-13(20-2)15(18-7-17-14)19-12-10-8-4-5-9(6-8)11(10)12/h7-12H,3-6H2,1-2H3,(H2,16,17,18,19). The minimum Gasteiger partial charge on any atom is -0.490 e. The number of rotatable bonds is 5. The number of aromatic nitrogens is 2. The maximum atomic E-state index is 5.50. The quantitative estimate of drug-likeness (QED) is 0.863. The summed E-state index contributed by atoms with van der Waals surface area (Å²) in [5.74, 6) is 6.06. The molecule has 2 bridgehead atoms. The highest BCUT2D eigenvalue weighted by Crippen LogP contribution is 2.66. The molecule has 3 fully saturated rings. The Bertz CT molecular complexity index is 505. The highest BCUT2D eigenvalue weighted by molar-refractivity contribution is 5.64. The summed E-state index contributed by atoms with van der Waals surface area (Å²) in [5.41, 5.74) is 0. The van der Waals surface area contributed by atoms with Crippen molar-refractivity contribution in [3.63, 3.8) is 0 Å². The minimum absolute atomic E-state index is 0.611. The van der Waals surface area contributed by atoms with E-state index in [0.717, 1.165) is 47.6 Å². The average molecular weight is 274 g/mol. The molecule has 1 aromatic heterocycles. The van der Waals surface area contributed by atoms with Gasteiger partial charge in [-0.25, -0.2) is 9.97 Å². The van der Waals surface area contributed by atoms with Gasteiger partial charge in [0.2, 0.25) is 5.75 Å². The molecule has 0 aliphatic heterocycles. The lowest BCUT2D eigenvalue weighted by Gasteiger charge is -2.15. The second kappa shape index (κ2) is 4.50. The minimum atomic E-state index is 0.611. The fraction of sp³-hybridized carbons (Fsp3) is 0.733. The van der Waals surface area contributed by atoms with E-state index in [9.17, 15) is 0 Å². The topological polar surface area (TPSA) is 59.1 Å². The lowest BCUT2D eigenvalue weighted by Crippen LogP contribution is -2.15. The van der Waals surface area contributed by atoms with Gasteiger partial charge < -0.3 is 15.4 Å². The van der Waals surface area contributed by atoms with Gasteiger partial charge in [0.15, 0.2) is 11.6 Å². The van der Waals surface area contributed by atoms with Crippen molar-refractivity contribution in [2.45, 2.75) is 32.2 Å². The van der Waals surface area contributed by atoms with Gasteiger partial charge in [0.1, 0.15) is 6.33 Å². The predicted octanol–water partition coefficient (Wildman–Crippen LogP) is 2.37. The molecule has 3 aliphatic carbocycles. The molecule has 0 radical (unpaired) electrons.